The summed E-state index contributed by atoms with van der Waals surface area (Å²) in [5, 5.41) is 8.58. The molecule has 2 amide bonds. The van der Waals surface area contributed by atoms with Crippen LogP contribution in [0.4, 0.5) is 17.3 Å². The van der Waals surface area contributed by atoms with Crippen LogP contribution in [0.2, 0.25) is 0 Å². The lowest BCUT2D eigenvalue weighted by molar-refractivity contribution is -0.114. The molecule has 0 aliphatic heterocycles. The lowest BCUT2D eigenvalue weighted by Crippen LogP contribution is -2.40. The zero-order valence-electron chi connectivity index (χ0n) is 14.2. The van der Waals surface area contributed by atoms with Gasteiger partial charge in [-0.05, 0) is 45.0 Å². The Balaban J connectivity index is 2.01. The van der Waals surface area contributed by atoms with Crippen LogP contribution in [0.5, 0.6) is 0 Å². The van der Waals surface area contributed by atoms with Gasteiger partial charge in [0.05, 0.1) is 5.56 Å². The van der Waals surface area contributed by atoms with Crippen molar-refractivity contribution in [3.8, 4) is 0 Å². The van der Waals surface area contributed by atoms with E-state index in [4.69, 9.17) is 0 Å². The molecule has 3 N–H and O–H groups in total. The summed E-state index contributed by atoms with van der Waals surface area (Å²) < 4.78 is 0. The normalized spacial score (nSPS) is 10.8. The van der Waals surface area contributed by atoms with Gasteiger partial charge in [0, 0.05) is 36.2 Å². The zero-order chi connectivity index (χ0) is 17.7. The summed E-state index contributed by atoms with van der Waals surface area (Å²) in [7, 11) is 0. The first-order valence-electron chi connectivity index (χ1n) is 7.52. The minimum absolute atomic E-state index is 0.122. The van der Waals surface area contributed by atoms with Crippen LogP contribution in [0.15, 0.2) is 36.7 Å². The lowest BCUT2D eigenvalue weighted by Gasteiger charge is -2.20. The molecule has 1 aromatic carbocycles. The first-order chi connectivity index (χ1) is 11.2. The monoisotopic (exact) mass is 327 g/mol. The number of hydrogen-bond acceptors (Lipinski definition) is 5. The summed E-state index contributed by atoms with van der Waals surface area (Å²) in [4.78, 5) is 31.3. The number of amides is 2. The quantitative estimate of drug-likeness (QED) is 0.802. The predicted molar refractivity (Wildman–Crippen MR) is 93.3 cm³/mol. The van der Waals surface area contributed by atoms with Gasteiger partial charge in [-0.15, -0.1) is 0 Å². The maximum absolute atomic E-state index is 12.0. The number of rotatable bonds is 4. The molecule has 0 bridgehead atoms. The lowest BCUT2D eigenvalue weighted by atomic mass is 10.1. The Morgan fingerprint density at radius 3 is 2.00 bits per heavy atom. The number of carbonyl (C=O) groups excluding carboxylic acids is 2. The van der Waals surface area contributed by atoms with Gasteiger partial charge >= 0.3 is 0 Å². The summed E-state index contributed by atoms with van der Waals surface area (Å²) in [6.45, 7) is 7.18. The Kier molecular flexibility index (Phi) is 5.13. The van der Waals surface area contributed by atoms with Gasteiger partial charge in [-0.2, -0.15) is 0 Å². The van der Waals surface area contributed by atoms with Crippen LogP contribution < -0.4 is 16.0 Å². The van der Waals surface area contributed by atoms with Crippen LogP contribution >= 0.6 is 0 Å². The standard InChI is InChI=1S/C17H21N5O2/c1-11(23)20-13-5-7-14(8-6-13)21-16-18-9-12(10-19-16)15(24)22-17(2,3)4/h5-10H,1-4H3,(H,20,23)(H,22,24)(H,18,19,21). The summed E-state index contributed by atoms with van der Waals surface area (Å²) in [6, 6.07) is 7.15. The minimum atomic E-state index is -0.316. The van der Waals surface area contributed by atoms with Crippen molar-refractivity contribution in [1.29, 1.82) is 0 Å². The molecule has 0 radical (unpaired) electrons. The number of aromatic nitrogens is 2. The van der Waals surface area contributed by atoms with Gasteiger partial charge in [0.15, 0.2) is 0 Å². The van der Waals surface area contributed by atoms with Crippen LogP contribution in [0, 0.1) is 0 Å². The Hall–Kier alpha value is -2.96. The topological polar surface area (TPSA) is 96.0 Å². The van der Waals surface area contributed by atoms with Gasteiger partial charge in [0.2, 0.25) is 11.9 Å². The molecule has 1 aromatic heterocycles. The number of benzene rings is 1. The highest BCUT2D eigenvalue weighted by Gasteiger charge is 2.15. The summed E-state index contributed by atoms with van der Waals surface area (Å²) >= 11 is 0. The molecule has 0 atom stereocenters. The van der Waals surface area contributed by atoms with Gasteiger partial charge in [-0.1, -0.05) is 0 Å². The van der Waals surface area contributed by atoms with Crippen molar-refractivity contribution in [1.82, 2.24) is 15.3 Å². The molecule has 0 fully saturated rings. The molecule has 0 saturated carbocycles. The van der Waals surface area contributed by atoms with Crippen molar-refractivity contribution >= 4 is 29.1 Å². The molecule has 7 heteroatoms. The molecule has 126 valence electrons. The number of anilines is 3. The van der Waals surface area contributed by atoms with E-state index in [-0.39, 0.29) is 17.4 Å². The van der Waals surface area contributed by atoms with Crippen molar-refractivity contribution in [2.24, 2.45) is 0 Å². The Morgan fingerprint density at radius 1 is 0.958 bits per heavy atom. The van der Waals surface area contributed by atoms with Crippen molar-refractivity contribution in [3.63, 3.8) is 0 Å². The van der Waals surface area contributed by atoms with Gasteiger partial charge < -0.3 is 16.0 Å². The van der Waals surface area contributed by atoms with E-state index in [0.29, 0.717) is 17.2 Å². The first kappa shape index (κ1) is 17.4. The second kappa shape index (κ2) is 7.08. The molecular formula is C17H21N5O2. The van der Waals surface area contributed by atoms with E-state index in [1.165, 1.54) is 19.3 Å². The van der Waals surface area contributed by atoms with Crippen molar-refractivity contribution in [2.45, 2.75) is 33.2 Å². The van der Waals surface area contributed by atoms with Crippen LogP contribution in [-0.4, -0.2) is 27.3 Å². The Labute approximate surface area is 140 Å². The highest BCUT2D eigenvalue weighted by atomic mass is 16.2. The van der Waals surface area contributed by atoms with Crippen molar-refractivity contribution in [2.75, 3.05) is 10.6 Å². The molecule has 7 nitrogen and oxygen atoms in total. The van der Waals surface area contributed by atoms with E-state index in [2.05, 4.69) is 25.9 Å². The fourth-order valence-corrected chi connectivity index (χ4v) is 1.89. The molecule has 0 unspecified atom stereocenters. The molecule has 0 saturated heterocycles. The molecule has 2 rings (SSSR count). The highest BCUT2D eigenvalue weighted by molar-refractivity contribution is 5.94. The third kappa shape index (κ3) is 5.35. The van der Waals surface area contributed by atoms with Gasteiger partial charge in [0.1, 0.15) is 0 Å². The fraction of sp³-hybridized carbons (Fsp3) is 0.294. The van der Waals surface area contributed by atoms with Gasteiger partial charge in [0.25, 0.3) is 5.91 Å². The van der Waals surface area contributed by atoms with Crippen LogP contribution in [0.1, 0.15) is 38.1 Å². The summed E-state index contributed by atoms with van der Waals surface area (Å²) in [6.07, 6.45) is 2.95. The molecule has 0 aliphatic rings. The minimum Gasteiger partial charge on any atom is -0.347 e. The molecule has 0 aliphatic carbocycles. The van der Waals surface area contributed by atoms with Crippen LogP contribution in [0.25, 0.3) is 0 Å². The molecule has 0 spiro atoms. The second-order valence-electron chi connectivity index (χ2n) is 6.38. The van der Waals surface area contributed by atoms with E-state index in [0.717, 1.165) is 5.69 Å². The van der Waals surface area contributed by atoms with Crippen LogP contribution in [-0.2, 0) is 4.79 Å². The third-order valence-electron chi connectivity index (χ3n) is 2.86. The van der Waals surface area contributed by atoms with E-state index >= 15 is 0 Å². The third-order valence-corrected chi connectivity index (χ3v) is 2.86. The number of carbonyl (C=O) groups is 2. The molecule has 1 heterocycles. The Morgan fingerprint density at radius 2 is 1.50 bits per heavy atom. The average Bonchev–Trinajstić information content (AvgIpc) is 2.48. The fourth-order valence-electron chi connectivity index (χ4n) is 1.89. The average molecular weight is 327 g/mol. The summed E-state index contributed by atoms with van der Waals surface area (Å²) in [5.41, 5.74) is 1.57. The van der Waals surface area contributed by atoms with Crippen molar-refractivity contribution < 1.29 is 9.59 Å². The Bertz CT molecular complexity index is 718. The van der Waals surface area contributed by atoms with E-state index < -0.39 is 0 Å². The number of nitrogens with zero attached hydrogens (tertiary/aromatic N) is 2. The van der Waals surface area contributed by atoms with E-state index in [1.54, 1.807) is 24.3 Å². The second-order valence-corrected chi connectivity index (χ2v) is 6.38. The largest absolute Gasteiger partial charge is 0.347 e. The first-order valence-corrected chi connectivity index (χ1v) is 7.52. The van der Waals surface area contributed by atoms with Gasteiger partial charge in [-0.3, -0.25) is 9.59 Å². The number of nitrogens with one attached hydrogen (secondary N) is 3. The molecular weight excluding hydrogens is 306 g/mol. The van der Waals surface area contributed by atoms with E-state index in [1.807, 2.05) is 20.8 Å². The number of hydrogen-bond donors (Lipinski definition) is 3. The smallest absolute Gasteiger partial charge is 0.254 e. The zero-order valence-corrected chi connectivity index (χ0v) is 14.2. The predicted octanol–water partition coefficient (Wildman–Crippen LogP) is 2.71. The van der Waals surface area contributed by atoms with Crippen molar-refractivity contribution in [3.05, 3.63) is 42.2 Å². The molecule has 2 aromatic rings. The molecule has 24 heavy (non-hydrogen) atoms. The highest BCUT2D eigenvalue weighted by Crippen LogP contribution is 2.16. The van der Waals surface area contributed by atoms with Gasteiger partial charge in [-0.25, -0.2) is 9.97 Å². The SMILES string of the molecule is CC(=O)Nc1ccc(Nc2ncc(C(=O)NC(C)(C)C)cn2)cc1. The maximum atomic E-state index is 12.0. The summed E-state index contributed by atoms with van der Waals surface area (Å²) in [5.74, 6) is 0.0476. The van der Waals surface area contributed by atoms with E-state index in [9.17, 15) is 9.59 Å². The maximum Gasteiger partial charge on any atom is 0.254 e. The van der Waals surface area contributed by atoms with Crippen LogP contribution in [0.3, 0.4) is 0 Å².